The van der Waals surface area contributed by atoms with Crippen molar-refractivity contribution >= 4 is 63.4 Å². The van der Waals surface area contributed by atoms with E-state index in [9.17, 15) is 13.2 Å². The van der Waals surface area contributed by atoms with Gasteiger partial charge in [-0.25, -0.2) is 13.4 Å². The molecule has 4 aromatic rings. The first-order valence-electron chi connectivity index (χ1n) is 14.2. The van der Waals surface area contributed by atoms with E-state index < -0.39 is 22.5 Å². The zero-order chi connectivity index (χ0) is 30.4. The molecule has 1 aromatic heterocycles. The van der Waals surface area contributed by atoms with Crippen LogP contribution in [0.4, 0.5) is 5.69 Å². The molecule has 0 bridgehead atoms. The van der Waals surface area contributed by atoms with Gasteiger partial charge in [-0.15, -0.1) is 24.8 Å². The van der Waals surface area contributed by atoms with Gasteiger partial charge < -0.3 is 19.8 Å². The molecule has 0 spiro atoms. The summed E-state index contributed by atoms with van der Waals surface area (Å²) in [5.74, 6) is 0.182. The molecule has 0 aliphatic carbocycles. The number of esters is 1. The van der Waals surface area contributed by atoms with E-state index in [1.807, 2.05) is 30.3 Å². The topological polar surface area (TPSA) is 144 Å². The van der Waals surface area contributed by atoms with Crippen molar-refractivity contribution in [3.8, 4) is 0 Å². The van der Waals surface area contributed by atoms with Crippen LogP contribution in [0.15, 0.2) is 77.7 Å². The number of hydrogen-bond acceptors (Lipinski definition) is 8. The molecule has 1 aliphatic heterocycles. The van der Waals surface area contributed by atoms with Crippen LogP contribution >= 0.6 is 24.8 Å². The molecule has 1 fully saturated rings. The minimum atomic E-state index is -4.07. The first kappa shape index (κ1) is 35.8. The van der Waals surface area contributed by atoms with E-state index >= 15 is 0 Å². The number of carbonyl (C=O) groups excluding carboxylic acids is 1. The van der Waals surface area contributed by atoms with Crippen LogP contribution in [0.1, 0.15) is 23.9 Å². The van der Waals surface area contributed by atoms with Gasteiger partial charge in [-0.3, -0.25) is 19.4 Å². The van der Waals surface area contributed by atoms with Crippen molar-refractivity contribution in [2.45, 2.75) is 24.8 Å². The molecule has 45 heavy (non-hydrogen) atoms. The fraction of sp³-hybridized carbons (Fsp3) is 0.323. The van der Waals surface area contributed by atoms with Crippen LogP contribution in [0, 0.1) is 5.41 Å². The molecule has 1 aliphatic rings. The summed E-state index contributed by atoms with van der Waals surface area (Å²) in [6.45, 7) is 5.97. The molecule has 0 unspecified atom stereocenters. The number of hydrogen-bond donors (Lipinski definition) is 2. The number of sulfonamides is 1. The van der Waals surface area contributed by atoms with Gasteiger partial charge in [0.05, 0.1) is 41.4 Å². The zero-order valence-corrected chi connectivity index (χ0v) is 27.4. The Labute approximate surface area is 275 Å². The largest absolute Gasteiger partial charge is 0.465 e. The van der Waals surface area contributed by atoms with E-state index in [4.69, 9.17) is 25.6 Å². The first-order chi connectivity index (χ1) is 20.8. The predicted octanol–water partition coefficient (Wildman–Crippen LogP) is 3.85. The molecular formula is C31H38Cl2N6O5S. The number of anilines is 1. The van der Waals surface area contributed by atoms with Crippen LogP contribution in [0.2, 0.25) is 0 Å². The van der Waals surface area contributed by atoms with Crippen molar-refractivity contribution < 1.29 is 22.7 Å². The van der Waals surface area contributed by atoms with Gasteiger partial charge in [0, 0.05) is 38.2 Å². The Morgan fingerprint density at radius 1 is 1.02 bits per heavy atom. The molecule has 0 atom stereocenters. The van der Waals surface area contributed by atoms with Crippen LogP contribution in [0.25, 0.3) is 11.0 Å². The summed E-state index contributed by atoms with van der Waals surface area (Å²) < 4.78 is 41.3. The highest BCUT2D eigenvalue weighted by Gasteiger charge is 2.28. The molecule has 3 aromatic carbocycles. The quantitative estimate of drug-likeness (QED) is 0.131. The highest BCUT2D eigenvalue weighted by molar-refractivity contribution is 7.92. The lowest BCUT2D eigenvalue weighted by Crippen LogP contribution is -2.38. The van der Waals surface area contributed by atoms with Crippen LogP contribution in [-0.4, -0.2) is 80.7 Å². The number of ether oxygens (including phenoxy) is 2. The lowest BCUT2D eigenvalue weighted by Gasteiger charge is -2.27. The first-order valence-corrected chi connectivity index (χ1v) is 15.7. The van der Waals surface area contributed by atoms with E-state index in [2.05, 4.69) is 9.47 Å². The number of rotatable bonds is 12. The van der Waals surface area contributed by atoms with Crippen molar-refractivity contribution in [1.82, 2.24) is 14.5 Å². The average Bonchev–Trinajstić information content (AvgIpc) is 3.36. The van der Waals surface area contributed by atoms with Gasteiger partial charge in [-0.05, 0) is 42.8 Å². The van der Waals surface area contributed by atoms with Crippen molar-refractivity contribution in [2.24, 2.45) is 5.73 Å². The fourth-order valence-electron chi connectivity index (χ4n) is 5.12. The Balaban J connectivity index is 0.00000276. The molecular weight excluding hydrogens is 639 g/mol. The van der Waals surface area contributed by atoms with Gasteiger partial charge in [0.2, 0.25) is 0 Å². The van der Waals surface area contributed by atoms with Gasteiger partial charge in [-0.2, -0.15) is 0 Å². The second kappa shape index (κ2) is 16.1. The molecule has 14 heteroatoms. The smallest absolute Gasteiger partial charge is 0.326 e. The number of nitrogens with two attached hydrogens (primary N) is 1. The summed E-state index contributed by atoms with van der Waals surface area (Å²) in [5.41, 5.74) is 9.08. The van der Waals surface area contributed by atoms with Crippen LogP contribution in [0.5, 0.6) is 0 Å². The maximum absolute atomic E-state index is 13.7. The number of halogens is 2. The second-order valence-corrected chi connectivity index (χ2v) is 12.1. The van der Waals surface area contributed by atoms with E-state index in [1.165, 1.54) is 12.1 Å². The van der Waals surface area contributed by atoms with Crippen molar-refractivity contribution in [3.05, 3.63) is 89.7 Å². The molecule has 5 rings (SSSR count). The number of aromatic nitrogens is 2. The number of nitrogen functional groups attached to an aromatic ring is 1. The lowest BCUT2D eigenvalue weighted by atomic mass is 10.1. The summed E-state index contributed by atoms with van der Waals surface area (Å²) in [4.78, 5) is 19.9. The predicted molar refractivity (Wildman–Crippen MR) is 179 cm³/mol. The number of nitrogens with one attached hydrogen (secondary N) is 1. The van der Waals surface area contributed by atoms with Crippen molar-refractivity contribution in [3.63, 3.8) is 0 Å². The van der Waals surface area contributed by atoms with Gasteiger partial charge in [0.15, 0.2) is 0 Å². The average molecular weight is 678 g/mol. The lowest BCUT2D eigenvalue weighted by molar-refractivity contribution is -0.141. The van der Waals surface area contributed by atoms with Crippen LogP contribution < -0.4 is 10.0 Å². The summed E-state index contributed by atoms with van der Waals surface area (Å²) in [5, 5.41) is 7.68. The normalized spacial score (nSPS) is 13.4. The molecule has 1 saturated heterocycles. The Kier molecular flexibility index (Phi) is 12.8. The molecule has 3 N–H and O–H groups in total. The van der Waals surface area contributed by atoms with Gasteiger partial charge in [0.1, 0.15) is 18.2 Å². The fourth-order valence-corrected chi connectivity index (χ4v) is 6.54. The Hall–Kier alpha value is -3.68. The minimum Gasteiger partial charge on any atom is -0.465 e. The standard InChI is InChI=1S/C31H36N6O5S.2ClH/c1-2-42-30(38)22-37(43(39,40)26-6-4-3-5-7-26)25-12-13-28-27(21-25)34-29(20-23-8-10-24(11-9-23)31(32)33)36(28)15-14-35-16-18-41-19-17-35;;/h3-13,21H,2,14-20,22H2,1H3,(H3,32,33);2*1H. The van der Waals surface area contributed by atoms with E-state index in [-0.39, 0.29) is 42.2 Å². The second-order valence-electron chi connectivity index (χ2n) is 10.2. The molecule has 0 radical (unpaired) electrons. The monoisotopic (exact) mass is 676 g/mol. The summed E-state index contributed by atoms with van der Waals surface area (Å²) >= 11 is 0. The van der Waals surface area contributed by atoms with Gasteiger partial charge in [0.25, 0.3) is 10.0 Å². The Morgan fingerprint density at radius 3 is 2.36 bits per heavy atom. The van der Waals surface area contributed by atoms with Gasteiger partial charge >= 0.3 is 5.97 Å². The van der Waals surface area contributed by atoms with E-state index in [1.54, 1.807) is 37.3 Å². The number of amidine groups is 1. The van der Waals surface area contributed by atoms with Crippen molar-refractivity contribution in [1.29, 1.82) is 5.41 Å². The maximum atomic E-state index is 13.7. The minimum absolute atomic E-state index is 0. The molecule has 11 nitrogen and oxygen atoms in total. The number of benzene rings is 3. The number of fused-ring (bicyclic) bond motifs is 1. The number of nitrogens with zero attached hydrogens (tertiary/aromatic N) is 4. The zero-order valence-electron chi connectivity index (χ0n) is 24.9. The SMILES string of the molecule is CCOC(=O)CN(c1ccc2c(c1)nc(Cc1ccc(C(=N)N)cc1)n2CCN1CCOCC1)S(=O)(=O)c1ccccc1.Cl.Cl. The Morgan fingerprint density at radius 2 is 1.71 bits per heavy atom. The number of carbonyl (C=O) groups is 1. The summed E-state index contributed by atoms with van der Waals surface area (Å²) in [6.07, 6.45) is 0.528. The highest BCUT2D eigenvalue weighted by atomic mass is 35.5. The van der Waals surface area contributed by atoms with Gasteiger partial charge in [-0.1, -0.05) is 42.5 Å². The highest BCUT2D eigenvalue weighted by Crippen LogP contribution is 2.29. The third-order valence-corrected chi connectivity index (χ3v) is 9.17. The summed E-state index contributed by atoms with van der Waals surface area (Å²) in [7, 11) is -4.07. The van der Waals surface area contributed by atoms with Crippen LogP contribution in [-0.2, 0) is 37.3 Å². The molecule has 0 amide bonds. The molecule has 2 heterocycles. The summed E-state index contributed by atoms with van der Waals surface area (Å²) in [6, 6.07) is 20.8. The molecule has 0 saturated carbocycles. The van der Waals surface area contributed by atoms with Crippen LogP contribution in [0.3, 0.4) is 0 Å². The maximum Gasteiger partial charge on any atom is 0.326 e. The van der Waals surface area contributed by atoms with E-state index in [0.29, 0.717) is 42.9 Å². The van der Waals surface area contributed by atoms with E-state index in [0.717, 1.165) is 40.8 Å². The third kappa shape index (κ3) is 8.53. The van der Waals surface area contributed by atoms with Crippen molar-refractivity contribution in [2.75, 3.05) is 50.3 Å². The molecule has 242 valence electrons. The Bertz CT molecular complexity index is 1690. The number of imidazole rings is 1. The number of morpholine rings is 1. The third-order valence-electron chi connectivity index (χ3n) is 7.38.